The predicted octanol–water partition coefficient (Wildman–Crippen LogP) is 1.77. The van der Waals surface area contributed by atoms with Crippen LogP contribution in [0.25, 0.3) is 0 Å². The van der Waals surface area contributed by atoms with Crippen molar-refractivity contribution in [2.45, 2.75) is 25.8 Å². The Kier molecular flexibility index (Phi) is 2.57. The maximum atomic E-state index is 5.91. The molecule has 15 heavy (non-hydrogen) atoms. The molecule has 82 valence electrons. The highest BCUT2D eigenvalue weighted by molar-refractivity contribution is 5.52. The van der Waals surface area contributed by atoms with Crippen molar-refractivity contribution in [3.63, 3.8) is 0 Å². The van der Waals surface area contributed by atoms with Crippen LogP contribution in [0.4, 0.5) is 5.69 Å². The van der Waals surface area contributed by atoms with Crippen molar-refractivity contribution >= 4 is 5.69 Å². The van der Waals surface area contributed by atoms with Crippen molar-refractivity contribution in [1.29, 1.82) is 0 Å². The molecule has 2 rings (SSSR count). The second-order valence-corrected chi connectivity index (χ2v) is 4.76. The van der Waals surface area contributed by atoms with E-state index in [2.05, 4.69) is 11.4 Å². The first-order chi connectivity index (χ1) is 7.04. The summed E-state index contributed by atoms with van der Waals surface area (Å²) in [6, 6.07) is 6.21. The fourth-order valence-electron chi connectivity index (χ4n) is 1.63. The molecule has 0 atom stereocenters. The van der Waals surface area contributed by atoms with Crippen LogP contribution in [0.2, 0.25) is 0 Å². The SMILES string of the molecule is CC(C)(N)CNc1ccc2c(c1)CCO2. The van der Waals surface area contributed by atoms with Gasteiger partial charge in [0.1, 0.15) is 5.75 Å². The van der Waals surface area contributed by atoms with Gasteiger partial charge in [0.05, 0.1) is 6.61 Å². The molecule has 3 nitrogen and oxygen atoms in total. The lowest BCUT2D eigenvalue weighted by molar-refractivity contribution is 0.357. The lowest BCUT2D eigenvalue weighted by atomic mass is 10.1. The maximum Gasteiger partial charge on any atom is 0.122 e. The number of fused-ring (bicyclic) bond motifs is 1. The fourth-order valence-corrected chi connectivity index (χ4v) is 1.63. The molecule has 1 aliphatic heterocycles. The van der Waals surface area contributed by atoms with Gasteiger partial charge in [0, 0.05) is 24.2 Å². The van der Waals surface area contributed by atoms with E-state index in [-0.39, 0.29) is 5.54 Å². The minimum atomic E-state index is -0.185. The van der Waals surface area contributed by atoms with Gasteiger partial charge in [-0.15, -0.1) is 0 Å². The molecular weight excluding hydrogens is 188 g/mol. The number of anilines is 1. The van der Waals surface area contributed by atoms with Crippen molar-refractivity contribution in [3.05, 3.63) is 23.8 Å². The van der Waals surface area contributed by atoms with E-state index in [0.717, 1.165) is 31.0 Å². The molecule has 0 aromatic heterocycles. The largest absolute Gasteiger partial charge is 0.493 e. The van der Waals surface area contributed by atoms with Gasteiger partial charge in [-0.05, 0) is 37.6 Å². The highest BCUT2D eigenvalue weighted by Gasteiger charge is 2.13. The normalized spacial score (nSPS) is 14.6. The van der Waals surface area contributed by atoms with Gasteiger partial charge in [-0.3, -0.25) is 0 Å². The van der Waals surface area contributed by atoms with E-state index >= 15 is 0 Å². The lowest BCUT2D eigenvalue weighted by Crippen LogP contribution is -2.39. The molecular formula is C12H18N2O. The van der Waals surface area contributed by atoms with Gasteiger partial charge in [-0.25, -0.2) is 0 Å². The zero-order valence-corrected chi connectivity index (χ0v) is 9.34. The van der Waals surface area contributed by atoms with Crippen molar-refractivity contribution in [3.8, 4) is 5.75 Å². The summed E-state index contributed by atoms with van der Waals surface area (Å²) in [4.78, 5) is 0. The highest BCUT2D eigenvalue weighted by atomic mass is 16.5. The summed E-state index contributed by atoms with van der Waals surface area (Å²) in [6.07, 6.45) is 1.01. The summed E-state index contributed by atoms with van der Waals surface area (Å²) in [5, 5.41) is 3.33. The van der Waals surface area contributed by atoms with E-state index in [1.807, 2.05) is 26.0 Å². The number of nitrogens with two attached hydrogens (primary N) is 1. The zero-order chi connectivity index (χ0) is 10.9. The molecule has 1 aliphatic rings. The van der Waals surface area contributed by atoms with E-state index in [1.165, 1.54) is 5.56 Å². The van der Waals surface area contributed by atoms with E-state index < -0.39 is 0 Å². The summed E-state index contributed by atoms with van der Waals surface area (Å²) < 4.78 is 5.45. The van der Waals surface area contributed by atoms with Crippen LogP contribution < -0.4 is 15.8 Å². The third kappa shape index (κ3) is 2.63. The van der Waals surface area contributed by atoms with Crippen LogP contribution >= 0.6 is 0 Å². The Bertz CT molecular complexity index is 355. The Labute approximate surface area is 90.6 Å². The van der Waals surface area contributed by atoms with Crippen LogP contribution in [-0.2, 0) is 6.42 Å². The molecule has 0 fully saturated rings. The van der Waals surface area contributed by atoms with Crippen LogP contribution in [0.5, 0.6) is 5.75 Å². The van der Waals surface area contributed by atoms with E-state index in [1.54, 1.807) is 0 Å². The Hall–Kier alpha value is -1.22. The predicted molar refractivity (Wildman–Crippen MR) is 62.4 cm³/mol. The number of hydrogen-bond acceptors (Lipinski definition) is 3. The second-order valence-electron chi connectivity index (χ2n) is 4.76. The first-order valence-electron chi connectivity index (χ1n) is 5.33. The van der Waals surface area contributed by atoms with Crippen molar-refractivity contribution in [2.24, 2.45) is 5.73 Å². The number of benzene rings is 1. The van der Waals surface area contributed by atoms with Crippen molar-refractivity contribution in [2.75, 3.05) is 18.5 Å². The van der Waals surface area contributed by atoms with Crippen molar-refractivity contribution < 1.29 is 4.74 Å². The number of ether oxygens (including phenoxy) is 1. The molecule has 0 spiro atoms. The topological polar surface area (TPSA) is 47.3 Å². The molecule has 0 aliphatic carbocycles. The molecule has 1 aromatic rings. The first kappa shape index (κ1) is 10.3. The summed E-state index contributed by atoms with van der Waals surface area (Å²) >= 11 is 0. The second kappa shape index (κ2) is 3.74. The Balaban J connectivity index is 2.04. The lowest BCUT2D eigenvalue weighted by Gasteiger charge is -2.20. The summed E-state index contributed by atoms with van der Waals surface area (Å²) in [7, 11) is 0. The molecule has 0 saturated carbocycles. The third-order valence-electron chi connectivity index (χ3n) is 2.44. The molecule has 0 amide bonds. The van der Waals surface area contributed by atoms with Crippen LogP contribution in [-0.4, -0.2) is 18.7 Å². The van der Waals surface area contributed by atoms with Gasteiger partial charge in [-0.1, -0.05) is 0 Å². The molecule has 3 heteroatoms. The fraction of sp³-hybridized carbons (Fsp3) is 0.500. The average molecular weight is 206 g/mol. The van der Waals surface area contributed by atoms with Crippen LogP contribution in [0.1, 0.15) is 19.4 Å². The molecule has 3 N–H and O–H groups in total. The van der Waals surface area contributed by atoms with Gasteiger partial charge < -0.3 is 15.8 Å². The first-order valence-corrected chi connectivity index (χ1v) is 5.33. The third-order valence-corrected chi connectivity index (χ3v) is 2.44. The van der Waals surface area contributed by atoms with Gasteiger partial charge in [0.15, 0.2) is 0 Å². The number of hydrogen-bond donors (Lipinski definition) is 2. The molecule has 0 unspecified atom stereocenters. The van der Waals surface area contributed by atoms with E-state index in [4.69, 9.17) is 10.5 Å². The molecule has 1 aromatic carbocycles. The minimum absolute atomic E-state index is 0.185. The molecule has 0 bridgehead atoms. The number of rotatable bonds is 3. The van der Waals surface area contributed by atoms with E-state index in [9.17, 15) is 0 Å². The summed E-state index contributed by atoms with van der Waals surface area (Å²) in [5.41, 5.74) is 8.13. The van der Waals surface area contributed by atoms with Crippen LogP contribution in [0.3, 0.4) is 0 Å². The average Bonchev–Trinajstić information content (AvgIpc) is 2.60. The Morgan fingerprint density at radius 3 is 3.00 bits per heavy atom. The smallest absolute Gasteiger partial charge is 0.122 e. The summed E-state index contributed by atoms with van der Waals surface area (Å²) in [5.74, 6) is 1.02. The monoisotopic (exact) mass is 206 g/mol. The quantitative estimate of drug-likeness (QED) is 0.792. The van der Waals surface area contributed by atoms with Gasteiger partial charge >= 0.3 is 0 Å². The molecule has 0 radical (unpaired) electrons. The minimum Gasteiger partial charge on any atom is -0.493 e. The maximum absolute atomic E-state index is 5.91. The van der Waals surface area contributed by atoms with Crippen LogP contribution in [0, 0.1) is 0 Å². The van der Waals surface area contributed by atoms with Crippen molar-refractivity contribution in [1.82, 2.24) is 0 Å². The van der Waals surface area contributed by atoms with Gasteiger partial charge in [0.2, 0.25) is 0 Å². The summed E-state index contributed by atoms with van der Waals surface area (Å²) in [6.45, 7) is 5.60. The van der Waals surface area contributed by atoms with Crippen LogP contribution in [0.15, 0.2) is 18.2 Å². The van der Waals surface area contributed by atoms with Gasteiger partial charge in [-0.2, -0.15) is 0 Å². The van der Waals surface area contributed by atoms with E-state index in [0.29, 0.717) is 0 Å². The standard InChI is InChI=1S/C12H18N2O/c1-12(2,13)8-14-10-3-4-11-9(7-10)5-6-15-11/h3-4,7,14H,5-6,8,13H2,1-2H3. The zero-order valence-electron chi connectivity index (χ0n) is 9.34. The molecule has 0 saturated heterocycles. The Morgan fingerprint density at radius 2 is 2.27 bits per heavy atom. The Morgan fingerprint density at radius 1 is 1.47 bits per heavy atom. The highest BCUT2D eigenvalue weighted by Crippen LogP contribution is 2.27. The molecule has 1 heterocycles. The number of nitrogens with one attached hydrogen (secondary N) is 1. The van der Waals surface area contributed by atoms with Gasteiger partial charge in [0.25, 0.3) is 0 Å².